The van der Waals surface area contributed by atoms with Gasteiger partial charge in [0.1, 0.15) is 0 Å². The third-order valence-corrected chi connectivity index (χ3v) is 1.69. The molecule has 0 aromatic heterocycles. The van der Waals surface area contributed by atoms with Crippen LogP contribution in [0.1, 0.15) is 20.3 Å². The van der Waals surface area contributed by atoms with E-state index in [1.807, 2.05) is 6.92 Å². The van der Waals surface area contributed by atoms with E-state index in [1.54, 1.807) is 0 Å². The van der Waals surface area contributed by atoms with Crippen LogP contribution in [0.2, 0.25) is 0 Å². The van der Waals surface area contributed by atoms with E-state index in [2.05, 4.69) is 13.0 Å². The standard InChI is InChI=1S/C7H11N/c1-3-6-4-5(2)7(6)8/h4,6,8H,3H2,1-2H3. The van der Waals surface area contributed by atoms with Crippen molar-refractivity contribution >= 4 is 5.71 Å². The van der Waals surface area contributed by atoms with Gasteiger partial charge < -0.3 is 5.41 Å². The summed E-state index contributed by atoms with van der Waals surface area (Å²) in [4.78, 5) is 0. The summed E-state index contributed by atoms with van der Waals surface area (Å²) in [5.74, 6) is 0.481. The molecule has 1 aliphatic rings. The Kier molecular flexibility index (Phi) is 1.20. The third-order valence-electron chi connectivity index (χ3n) is 1.69. The van der Waals surface area contributed by atoms with Crippen LogP contribution in [-0.4, -0.2) is 5.71 Å². The fourth-order valence-corrected chi connectivity index (χ4v) is 0.993. The molecule has 1 atom stereocenters. The van der Waals surface area contributed by atoms with Crippen LogP contribution in [0.25, 0.3) is 0 Å². The minimum atomic E-state index is 0.481. The largest absolute Gasteiger partial charge is 0.304 e. The molecule has 0 aliphatic heterocycles. The van der Waals surface area contributed by atoms with E-state index in [0.29, 0.717) is 5.92 Å². The van der Waals surface area contributed by atoms with Gasteiger partial charge in [0.15, 0.2) is 0 Å². The Bertz CT molecular complexity index is 144. The van der Waals surface area contributed by atoms with Gasteiger partial charge in [-0.2, -0.15) is 0 Å². The monoisotopic (exact) mass is 109 g/mol. The van der Waals surface area contributed by atoms with Crippen LogP contribution in [0.5, 0.6) is 0 Å². The van der Waals surface area contributed by atoms with Gasteiger partial charge in [-0.25, -0.2) is 0 Å². The second-order valence-electron chi connectivity index (χ2n) is 2.28. The van der Waals surface area contributed by atoms with Gasteiger partial charge in [-0.05, 0) is 18.9 Å². The molecular weight excluding hydrogens is 98.1 g/mol. The molecule has 0 aromatic rings. The SMILES string of the molecule is CCC1C=C(C)C1=N. The van der Waals surface area contributed by atoms with Gasteiger partial charge in [-0.15, -0.1) is 0 Å². The lowest BCUT2D eigenvalue weighted by molar-refractivity contribution is 0.773. The van der Waals surface area contributed by atoms with E-state index < -0.39 is 0 Å². The van der Waals surface area contributed by atoms with Crippen molar-refractivity contribution in [2.75, 3.05) is 0 Å². The van der Waals surface area contributed by atoms with E-state index >= 15 is 0 Å². The van der Waals surface area contributed by atoms with Crippen molar-refractivity contribution in [1.82, 2.24) is 0 Å². The lowest BCUT2D eigenvalue weighted by Crippen LogP contribution is -2.21. The maximum atomic E-state index is 7.32. The molecular formula is C7H11N. The van der Waals surface area contributed by atoms with Crippen molar-refractivity contribution in [2.24, 2.45) is 5.92 Å². The molecule has 1 rings (SSSR count). The lowest BCUT2D eigenvalue weighted by atomic mass is 9.83. The Morgan fingerprint density at radius 2 is 2.38 bits per heavy atom. The number of hydrogen-bond donors (Lipinski definition) is 1. The van der Waals surface area contributed by atoms with Gasteiger partial charge in [0.05, 0.1) is 0 Å². The van der Waals surface area contributed by atoms with Gasteiger partial charge in [0, 0.05) is 11.6 Å². The predicted molar refractivity (Wildman–Crippen MR) is 35.3 cm³/mol. The molecule has 0 radical (unpaired) electrons. The average Bonchev–Trinajstić information content (AvgIpc) is 1.81. The number of hydrogen-bond acceptors (Lipinski definition) is 1. The maximum absolute atomic E-state index is 7.32. The predicted octanol–water partition coefficient (Wildman–Crippen LogP) is 1.99. The first kappa shape index (κ1) is 5.54. The van der Waals surface area contributed by atoms with Crippen LogP contribution in [0.3, 0.4) is 0 Å². The molecule has 0 aromatic carbocycles. The van der Waals surface area contributed by atoms with Gasteiger partial charge in [0.2, 0.25) is 0 Å². The van der Waals surface area contributed by atoms with Crippen molar-refractivity contribution in [3.63, 3.8) is 0 Å². The average molecular weight is 109 g/mol. The Balaban J connectivity index is 2.60. The Morgan fingerprint density at radius 3 is 2.50 bits per heavy atom. The molecule has 1 aliphatic carbocycles. The second-order valence-corrected chi connectivity index (χ2v) is 2.28. The van der Waals surface area contributed by atoms with Crippen molar-refractivity contribution in [3.05, 3.63) is 11.6 Å². The normalized spacial score (nSPS) is 27.0. The summed E-state index contributed by atoms with van der Waals surface area (Å²) < 4.78 is 0. The fourth-order valence-electron chi connectivity index (χ4n) is 0.993. The van der Waals surface area contributed by atoms with Crippen LogP contribution in [0, 0.1) is 11.3 Å². The summed E-state index contributed by atoms with van der Waals surface area (Å²) in [6.07, 6.45) is 3.25. The van der Waals surface area contributed by atoms with E-state index in [1.165, 1.54) is 0 Å². The third kappa shape index (κ3) is 0.585. The van der Waals surface area contributed by atoms with Gasteiger partial charge >= 0.3 is 0 Å². The van der Waals surface area contributed by atoms with E-state index in [0.717, 1.165) is 17.7 Å². The molecule has 1 N–H and O–H groups in total. The Hall–Kier alpha value is -0.590. The quantitative estimate of drug-likeness (QED) is 0.532. The van der Waals surface area contributed by atoms with Gasteiger partial charge in [-0.1, -0.05) is 13.0 Å². The lowest BCUT2D eigenvalue weighted by Gasteiger charge is -2.22. The topological polar surface area (TPSA) is 23.9 Å². The molecule has 1 heteroatoms. The first-order valence-corrected chi connectivity index (χ1v) is 3.03. The Labute approximate surface area is 49.9 Å². The molecule has 1 unspecified atom stereocenters. The molecule has 1 nitrogen and oxygen atoms in total. The van der Waals surface area contributed by atoms with Crippen LogP contribution < -0.4 is 0 Å². The summed E-state index contributed by atoms with van der Waals surface area (Å²) in [5.41, 5.74) is 2.00. The molecule has 8 heavy (non-hydrogen) atoms. The van der Waals surface area contributed by atoms with Gasteiger partial charge in [0.25, 0.3) is 0 Å². The fraction of sp³-hybridized carbons (Fsp3) is 0.571. The summed E-state index contributed by atoms with van der Waals surface area (Å²) in [5, 5.41) is 7.32. The van der Waals surface area contributed by atoms with E-state index in [-0.39, 0.29) is 0 Å². The molecule has 0 saturated heterocycles. The molecule has 0 saturated carbocycles. The van der Waals surface area contributed by atoms with E-state index in [9.17, 15) is 0 Å². The molecule has 0 spiro atoms. The number of allylic oxidation sites excluding steroid dienone is 2. The van der Waals surface area contributed by atoms with Crippen LogP contribution in [0.4, 0.5) is 0 Å². The highest BCUT2D eigenvalue weighted by Crippen LogP contribution is 2.23. The highest BCUT2D eigenvalue weighted by Gasteiger charge is 2.19. The van der Waals surface area contributed by atoms with Crippen LogP contribution in [0.15, 0.2) is 11.6 Å². The minimum absolute atomic E-state index is 0.481. The number of rotatable bonds is 1. The minimum Gasteiger partial charge on any atom is -0.304 e. The molecule has 0 bridgehead atoms. The molecule has 44 valence electrons. The Morgan fingerprint density at radius 1 is 1.75 bits per heavy atom. The zero-order valence-electron chi connectivity index (χ0n) is 5.36. The number of nitrogens with one attached hydrogen (secondary N) is 1. The van der Waals surface area contributed by atoms with Crippen molar-refractivity contribution in [2.45, 2.75) is 20.3 Å². The molecule has 0 fully saturated rings. The molecule has 0 amide bonds. The highest BCUT2D eigenvalue weighted by molar-refractivity contribution is 6.06. The van der Waals surface area contributed by atoms with Crippen LogP contribution >= 0.6 is 0 Å². The van der Waals surface area contributed by atoms with E-state index in [4.69, 9.17) is 5.41 Å². The van der Waals surface area contributed by atoms with Crippen molar-refractivity contribution < 1.29 is 0 Å². The van der Waals surface area contributed by atoms with Crippen molar-refractivity contribution in [1.29, 1.82) is 5.41 Å². The zero-order valence-corrected chi connectivity index (χ0v) is 5.36. The summed E-state index contributed by atoms with van der Waals surface area (Å²) in [6, 6.07) is 0. The van der Waals surface area contributed by atoms with Gasteiger partial charge in [-0.3, -0.25) is 0 Å². The smallest absolute Gasteiger partial charge is 0.0408 e. The maximum Gasteiger partial charge on any atom is 0.0408 e. The second kappa shape index (κ2) is 1.73. The highest BCUT2D eigenvalue weighted by atomic mass is 14.5. The first-order valence-electron chi connectivity index (χ1n) is 3.03. The summed E-state index contributed by atoms with van der Waals surface area (Å²) in [6.45, 7) is 4.11. The van der Waals surface area contributed by atoms with Crippen molar-refractivity contribution in [3.8, 4) is 0 Å². The zero-order chi connectivity index (χ0) is 6.15. The molecule has 0 heterocycles. The van der Waals surface area contributed by atoms with Crippen LogP contribution in [-0.2, 0) is 0 Å². The first-order chi connectivity index (χ1) is 3.75. The summed E-state index contributed by atoms with van der Waals surface area (Å²) in [7, 11) is 0. The summed E-state index contributed by atoms with van der Waals surface area (Å²) >= 11 is 0.